The summed E-state index contributed by atoms with van der Waals surface area (Å²) >= 11 is 0. The molecule has 0 bridgehead atoms. The Hall–Kier alpha value is -4.27. The molecular formula is C26H27N5O4. The summed E-state index contributed by atoms with van der Waals surface area (Å²) in [5, 5.41) is 23.4. The fourth-order valence-corrected chi connectivity index (χ4v) is 3.77. The van der Waals surface area contributed by atoms with E-state index in [2.05, 4.69) is 34.6 Å². The summed E-state index contributed by atoms with van der Waals surface area (Å²) in [6, 6.07) is 15.9. The number of fused-ring (bicyclic) bond motifs is 1. The molecular weight excluding hydrogens is 446 g/mol. The number of nitrogens with one attached hydrogen (secondary N) is 1. The van der Waals surface area contributed by atoms with Gasteiger partial charge in [0.1, 0.15) is 11.0 Å². The Kier molecular flexibility index (Phi) is 7.05. The fourth-order valence-electron chi connectivity index (χ4n) is 3.77. The Bertz CT molecular complexity index is 1380. The molecule has 1 amide bonds. The largest absolute Gasteiger partial charge is 0.487 e. The van der Waals surface area contributed by atoms with Crippen LogP contribution >= 0.6 is 0 Å². The van der Waals surface area contributed by atoms with Crippen molar-refractivity contribution in [3.63, 3.8) is 0 Å². The first-order chi connectivity index (χ1) is 16.9. The number of hydrogen-bond acceptors (Lipinski definition) is 6. The quantitative estimate of drug-likeness (QED) is 0.249. The lowest BCUT2D eigenvalue weighted by Gasteiger charge is -2.09. The molecule has 0 aliphatic carbocycles. The van der Waals surface area contributed by atoms with E-state index in [1.54, 1.807) is 17.8 Å². The number of ether oxygens (including phenoxy) is 1. The molecule has 0 aliphatic rings. The molecule has 1 aromatic heterocycles. The van der Waals surface area contributed by atoms with Crippen LogP contribution in [0.2, 0.25) is 0 Å². The van der Waals surface area contributed by atoms with Gasteiger partial charge in [-0.2, -0.15) is 4.80 Å². The lowest BCUT2D eigenvalue weighted by molar-refractivity contribution is -0.385. The van der Waals surface area contributed by atoms with Crippen LogP contribution in [-0.2, 0) is 6.42 Å². The van der Waals surface area contributed by atoms with E-state index in [1.165, 1.54) is 23.8 Å². The Morgan fingerprint density at radius 1 is 1.06 bits per heavy atom. The van der Waals surface area contributed by atoms with Crippen molar-refractivity contribution < 1.29 is 14.5 Å². The SMILES string of the molecule is CCCCc1ccc(-n2nc3cc(C)c(NC(=O)c4ccc(OCC)c([N+](=O)[O-])c4)cc3n2)cc1. The first-order valence-electron chi connectivity index (χ1n) is 11.6. The van der Waals surface area contributed by atoms with E-state index in [9.17, 15) is 14.9 Å². The Morgan fingerprint density at radius 2 is 1.77 bits per heavy atom. The van der Waals surface area contributed by atoms with Gasteiger partial charge in [0.15, 0.2) is 5.75 Å². The molecule has 0 radical (unpaired) electrons. The van der Waals surface area contributed by atoms with Gasteiger partial charge < -0.3 is 10.1 Å². The second-order valence-corrected chi connectivity index (χ2v) is 8.24. The minimum absolute atomic E-state index is 0.127. The molecule has 180 valence electrons. The molecule has 9 nitrogen and oxygen atoms in total. The van der Waals surface area contributed by atoms with Gasteiger partial charge >= 0.3 is 5.69 Å². The topological polar surface area (TPSA) is 112 Å². The van der Waals surface area contributed by atoms with Gasteiger partial charge in [0.05, 0.1) is 17.2 Å². The van der Waals surface area contributed by atoms with Crippen molar-refractivity contribution in [2.75, 3.05) is 11.9 Å². The van der Waals surface area contributed by atoms with Crippen molar-refractivity contribution in [3.05, 3.63) is 81.4 Å². The van der Waals surface area contributed by atoms with Gasteiger partial charge in [-0.15, -0.1) is 10.2 Å². The van der Waals surface area contributed by atoms with Crippen LogP contribution < -0.4 is 10.1 Å². The summed E-state index contributed by atoms with van der Waals surface area (Å²) in [6.07, 6.45) is 3.35. The van der Waals surface area contributed by atoms with Crippen LogP contribution in [0.15, 0.2) is 54.6 Å². The van der Waals surface area contributed by atoms with E-state index >= 15 is 0 Å². The van der Waals surface area contributed by atoms with Gasteiger partial charge in [0.25, 0.3) is 5.91 Å². The number of rotatable bonds is 9. The Balaban J connectivity index is 1.57. The van der Waals surface area contributed by atoms with Gasteiger partial charge in [-0.3, -0.25) is 14.9 Å². The van der Waals surface area contributed by atoms with Gasteiger partial charge in [-0.25, -0.2) is 0 Å². The first kappa shape index (κ1) is 23.9. The molecule has 0 spiro atoms. The number of carbonyl (C=O) groups excluding carboxylic acids is 1. The molecule has 9 heteroatoms. The number of carbonyl (C=O) groups is 1. The molecule has 0 fully saturated rings. The van der Waals surface area contributed by atoms with Crippen LogP contribution in [-0.4, -0.2) is 32.4 Å². The maximum Gasteiger partial charge on any atom is 0.311 e. The minimum atomic E-state index is -0.562. The average Bonchev–Trinajstić information content (AvgIpc) is 3.26. The number of nitro groups is 1. The van der Waals surface area contributed by atoms with Crippen LogP contribution in [0.4, 0.5) is 11.4 Å². The van der Waals surface area contributed by atoms with Crippen molar-refractivity contribution in [1.82, 2.24) is 15.0 Å². The van der Waals surface area contributed by atoms with Crippen molar-refractivity contribution in [3.8, 4) is 11.4 Å². The fraction of sp³-hybridized carbons (Fsp3) is 0.269. The van der Waals surface area contributed by atoms with Crippen molar-refractivity contribution in [2.24, 2.45) is 0 Å². The first-order valence-corrected chi connectivity index (χ1v) is 11.6. The maximum atomic E-state index is 12.9. The number of benzene rings is 3. The second kappa shape index (κ2) is 10.3. The third-order valence-corrected chi connectivity index (χ3v) is 5.68. The maximum absolute atomic E-state index is 12.9. The number of aryl methyl sites for hydroxylation is 2. The molecule has 3 aromatic carbocycles. The normalized spacial score (nSPS) is 10.9. The minimum Gasteiger partial charge on any atom is -0.487 e. The van der Waals surface area contributed by atoms with Gasteiger partial charge in [-0.05, 0) is 74.2 Å². The Labute approximate surface area is 202 Å². The Morgan fingerprint density at radius 3 is 2.43 bits per heavy atom. The third-order valence-electron chi connectivity index (χ3n) is 5.68. The summed E-state index contributed by atoms with van der Waals surface area (Å²) < 4.78 is 5.29. The van der Waals surface area contributed by atoms with Crippen molar-refractivity contribution in [1.29, 1.82) is 0 Å². The monoisotopic (exact) mass is 473 g/mol. The summed E-state index contributed by atoms with van der Waals surface area (Å²) in [6.45, 7) is 6.06. The lowest BCUT2D eigenvalue weighted by Crippen LogP contribution is -2.13. The smallest absolute Gasteiger partial charge is 0.311 e. The van der Waals surface area contributed by atoms with E-state index in [0.29, 0.717) is 16.7 Å². The second-order valence-electron chi connectivity index (χ2n) is 8.24. The molecule has 0 aliphatic heterocycles. The lowest BCUT2D eigenvalue weighted by atomic mass is 10.1. The zero-order chi connectivity index (χ0) is 24.9. The molecule has 35 heavy (non-hydrogen) atoms. The standard InChI is InChI=1S/C26H27N5O4/c1-4-6-7-18-8-11-20(12-9-18)30-28-22-14-17(3)21(16-23(22)29-30)27-26(32)19-10-13-25(35-5-2)24(15-19)31(33)34/h8-16H,4-7H2,1-3H3,(H,27,32). The van der Waals surface area contributed by atoms with Gasteiger partial charge in [0, 0.05) is 17.3 Å². The summed E-state index contributed by atoms with van der Waals surface area (Å²) in [4.78, 5) is 25.3. The zero-order valence-electron chi connectivity index (χ0n) is 19.9. The molecule has 1 N–H and O–H groups in total. The van der Waals surface area contributed by atoms with Crippen LogP contribution in [0, 0.1) is 17.0 Å². The number of amides is 1. The molecule has 0 unspecified atom stereocenters. The van der Waals surface area contributed by atoms with E-state index in [4.69, 9.17) is 4.74 Å². The molecule has 0 saturated heterocycles. The van der Waals surface area contributed by atoms with Crippen LogP contribution in [0.25, 0.3) is 16.7 Å². The van der Waals surface area contributed by atoms with Crippen molar-refractivity contribution in [2.45, 2.75) is 40.0 Å². The van der Waals surface area contributed by atoms with E-state index in [-0.39, 0.29) is 23.6 Å². The molecule has 1 heterocycles. The summed E-state index contributed by atoms with van der Waals surface area (Å²) in [5.41, 5.74) is 4.72. The highest BCUT2D eigenvalue weighted by atomic mass is 16.6. The van der Waals surface area contributed by atoms with E-state index in [0.717, 1.165) is 30.5 Å². The molecule has 4 rings (SSSR count). The highest BCUT2D eigenvalue weighted by molar-refractivity contribution is 6.06. The van der Waals surface area contributed by atoms with E-state index < -0.39 is 10.8 Å². The van der Waals surface area contributed by atoms with Crippen LogP contribution in [0.3, 0.4) is 0 Å². The molecule has 0 atom stereocenters. The number of unbranched alkanes of at least 4 members (excludes halogenated alkanes) is 1. The number of aromatic nitrogens is 3. The number of anilines is 1. The average molecular weight is 474 g/mol. The predicted molar refractivity (Wildman–Crippen MR) is 134 cm³/mol. The van der Waals surface area contributed by atoms with Gasteiger partial charge in [-0.1, -0.05) is 25.5 Å². The van der Waals surface area contributed by atoms with Crippen LogP contribution in [0.1, 0.15) is 48.2 Å². The summed E-state index contributed by atoms with van der Waals surface area (Å²) in [7, 11) is 0. The molecule has 0 saturated carbocycles. The van der Waals surface area contributed by atoms with Crippen molar-refractivity contribution >= 4 is 28.3 Å². The van der Waals surface area contributed by atoms with E-state index in [1.807, 2.05) is 25.1 Å². The predicted octanol–water partition coefficient (Wildman–Crippen LogP) is 5.63. The number of nitrogens with zero attached hydrogens (tertiary/aromatic N) is 4. The zero-order valence-corrected chi connectivity index (χ0v) is 19.9. The third kappa shape index (κ3) is 5.29. The molecule has 4 aromatic rings. The van der Waals surface area contributed by atoms with Crippen LogP contribution in [0.5, 0.6) is 5.75 Å². The highest BCUT2D eigenvalue weighted by Gasteiger charge is 2.19. The summed E-state index contributed by atoms with van der Waals surface area (Å²) in [5.74, 6) is -0.338. The number of hydrogen-bond donors (Lipinski definition) is 1. The number of nitro benzene ring substituents is 1. The highest BCUT2D eigenvalue weighted by Crippen LogP contribution is 2.29. The van der Waals surface area contributed by atoms with Gasteiger partial charge in [0.2, 0.25) is 0 Å².